The number of aromatic nitrogens is 2. The first kappa shape index (κ1) is 26.4. The molecule has 14 heteroatoms. The molecule has 3 aromatic rings. The minimum absolute atomic E-state index is 0.0671. The van der Waals surface area contributed by atoms with Gasteiger partial charge in [0.15, 0.2) is 5.04 Å². The van der Waals surface area contributed by atoms with Gasteiger partial charge in [0.05, 0.1) is 36.5 Å². The Bertz CT molecular complexity index is 1670. The van der Waals surface area contributed by atoms with Crippen molar-refractivity contribution in [3.63, 3.8) is 0 Å². The molecule has 11 nitrogen and oxygen atoms in total. The van der Waals surface area contributed by atoms with Crippen LogP contribution in [0.4, 0.5) is 4.39 Å². The second kappa shape index (κ2) is 9.22. The summed E-state index contributed by atoms with van der Waals surface area (Å²) in [6.45, 7) is 2.05. The number of piperidine rings is 1. The van der Waals surface area contributed by atoms with E-state index in [1.807, 2.05) is 19.1 Å². The van der Waals surface area contributed by atoms with E-state index in [9.17, 15) is 21.2 Å². The Morgan fingerprint density at radius 2 is 2.00 bits per heavy atom. The van der Waals surface area contributed by atoms with Gasteiger partial charge >= 0.3 is 0 Å². The average Bonchev–Trinajstić information content (AvgIpc) is 3.13. The smallest absolute Gasteiger partial charge is 0.264 e. The SMILES string of the molecule is CN/N=C\C(=N)S(=O)(=O)N1CC2[C@@H](COS(C)(=O)=O)[C@]2(c2cc3cnn(-c4ccc(F)cc4)c3cc2C)C1. The summed E-state index contributed by atoms with van der Waals surface area (Å²) < 4.78 is 71.2. The number of aryl methyl sites for hydroxylation is 1. The van der Waals surface area contributed by atoms with Gasteiger partial charge in [0.2, 0.25) is 0 Å². The predicted molar refractivity (Wildman–Crippen MR) is 141 cm³/mol. The molecule has 202 valence electrons. The number of halogens is 1. The van der Waals surface area contributed by atoms with Crippen LogP contribution in [0.1, 0.15) is 11.1 Å². The van der Waals surface area contributed by atoms with Gasteiger partial charge in [-0.3, -0.25) is 9.59 Å². The Morgan fingerprint density at radius 1 is 1.29 bits per heavy atom. The van der Waals surface area contributed by atoms with Crippen LogP contribution in [-0.2, 0) is 29.7 Å². The molecule has 1 aliphatic heterocycles. The van der Waals surface area contributed by atoms with E-state index in [2.05, 4.69) is 15.6 Å². The maximum Gasteiger partial charge on any atom is 0.264 e. The summed E-state index contributed by atoms with van der Waals surface area (Å²) in [7, 11) is -6.29. The van der Waals surface area contributed by atoms with Crippen molar-refractivity contribution in [2.45, 2.75) is 12.3 Å². The van der Waals surface area contributed by atoms with E-state index in [-0.39, 0.29) is 37.3 Å². The summed E-state index contributed by atoms with van der Waals surface area (Å²) in [5.41, 5.74) is 4.99. The lowest BCUT2D eigenvalue weighted by Gasteiger charge is -2.24. The predicted octanol–water partition coefficient (Wildman–Crippen LogP) is 1.76. The molecule has 2 heterocycles. The van der Waals surface area contributed by atoms with Crippen molar-refractivity contribution in [2.75, 3.05) is 33.0 Å². The standard InChI is InChI=1S/C24H27FN6O5S2/c1-15-8-22-16(10-29-31(22)18-6-4-17(25)5-7-18)9-19(15)24-14-30(38(34,35)23(26)11-28-27-2)12-20(24)21(24)13-36-37(3,32)33/h4-11,20-21,26-27H,12-14H2,1-3H3/b26-23?,28-11-/t20?,21-,24+/m1/s1. The highest BCUT2D eigenvalue weighted by molar-refractivity contribution is 8.06. The quantitative estimate of drug-likeness (QED) is 0.184. The van der Waals surface area contributed by atoms with Crippen molar-refractivity contribution in [3.8, 4) is 5.69 Å². The molecule has 5 rings (SSSR count). The van der Waals surface area contributed by atoms with Crippen molar-refractivity contribution in [1.82, 2.24) is 19.5 Å². The minimum Gasteiger partial charge on any atom is -0.313 e. The van der Waals surface area contributed by atoms with E-state index in [0.717, 1.165) is 34.5 Å². The summed E-state index contributed by atoms with van der Waals surface area (Å²) >= 11 is 0. The third-order valence-corrected chi connectivity index (χ3v) is 9.60. The molecule has 38 heavy (non-hydrogen) atoms. The number of fused-ring (bicyclic) bond motifs is 2. The summed E-state index contributed by atoms with van der Waals surface area (Å²) in [5, 5.41) is 16.3. The van der Waals surface area contributed by atoms with E-state index >= 15 is 0 Å². The molecule has 0 radical (unpaired) electrons. The molecule has 0 amide bonds. The first-order valence-corrected chi connectivity index (χ1v) is 15.0. The van der Waals surface area contributed by atoms with Crippen LogP contribution in [0.25, 0.3) is 16.6 Å². The second-order valence-electron chi connectivity index (χ2n) is 9.64. The minimum atomic E-state index is -4.10. The second-order valence-corrected chi connectivity index (χ2v) is 13.2. The van der Waals surface area contributed by atoms with E-state index in [1.165, 1.54) is 23.5 Å². The Balaban J connectivity index is 1.54. The van der Waals surface area contributed by atoms with Gasteiger partial charge in [-0.1, -0.05) is 0 Å². The van der Waals surface area contributed by atoms with Gasteiger partial charge in [-0.05, 0) is 66.3 Å². The van der Waals surface area contributed by atoms with Crippen molar-refractivity contribution < 1.29 is 25.4 Å². The number of rotatable bonds is 8. The molecule has 1 saturated heterocycles. The molecular formula is C24H27FN6O5S2. The molecule has 0 spiro atoms. The van der Waals surface area contributed by atoms with Crippen molar-refractivity contribution in [2.24, 2.45) is 16.9 Å². The Hall–Kier alpha value is -3.20. The van der Waals surface area contributed by atoms with Crippen molar-refractivity contribution >= 4 is 42.3 Å². The molecule has 1 saturated carbocycles. The van der Waals surface area contributed by atoms with Gasteiger partial charge in [0, 0.05) is 30.9 Å². The monoisotopic (exact) mass is 562 g/mol. The fourth-order valence-electron chi connectivity index (χ4n) is 5.63. The van der Waals surface area contributed by atoms with E-state index in [1.54, 1.807) is 23.0 Å². The van der Waals surface area contributed by atoms with Crippen LogP contribution in [0.3, 0.4) is 0 Å². The molecule has 1 unspecified atom stereocenters. The summed E-state index contributed by atoms with van der Waals surface area (Å²) in [6.07, 6.45) is 3.61. The van der Waals surface area contributed by atoms with Gasteiger partial charge in [0.25, 0.3) is 20.1 Å². The van der Waals surface area contributed by atoms with Crippen LogP contribution in [0.15, 0.2) is 47.7 Å². The average molecular weight is 563 g/mol. The molecule has 2 aromatic carbocycles. The normalized spacial score (nSPS) is 23.7. The maximum absolute atomic E-state index is 13.4. The van der Waals surface area contributed by atoms with Crippen LogP contribution in [-0.4, -0.2) is 75.2 Å². The topological polar surface area (TPSA) is 147 Å². The first-order chi connectivity index (χ1) is 17.9. The maximum atomic E-state index is 13.4. The number of hydrogen-bond donors (Lipinski definition) is 2. The van der Waals surface area contributed by atoms with Gasteiger partial charge < -0.3 is 5.43 Å². The van der Waals surface area contributed by atoms with E-state index in [4.69, 9.17) is 9.59 Å². The number of nitrogens with one attached hydrogen (secondary N) is 2. The Kier molecular flexibility index (Phi) is 6.41. The lowest BCUT2D eigenvalue weighted by molar-refractivity contribution is 0.268. The Morgan fingerprint density at radius 3 is 2.66 bits per heavy atom. The van der Waals surface area contributed by atoms with Crippen LogP contribution in [0, 0.1) is 30.0 Å². The molecule has 1 aliphatic carbocycles. The van der Waals surface area contributed by atoms with Gasteiger partial charge in [-0.15, -0.1) is 0 Å². The van der Waals surface area contributed by atoms with Crippen LogP contribution in [0.2, 0.25) is 0 Å². The van der Waals surface area contributed by atoms with Crippen LogP contribution < -0.4 is 5.43 Å². The number of benzene rings is 2. The van der Waals surface area contributed by atoms with Crippen LogP contribution >= 0.6 is 0 Å². The zero-order chi connectivity index (χ0) is 27.5. The molecule has 1 aromatic heterocycles. The number of sulfonamides is 1. The fourth-order valence-corrected chi connectivity index (χ4v) is 7.23. The number of hydrogen-bond acceptors (Lipinski definition) is 9. The molecule has 2 aliphatic rings. The highest BCUT2D eigenvalue weighted by Crippen LogP contribution is 2.65. The number of nitrogens with zero attached hydrogens (tertiary/aromatic N) is 4. The molecule has 0 bridgehead atoms. The lowest BCUT2D eigenvalue weighted by atomic mass is 9.88. The van der Waals surface area contributed by atoms with Gasteiger partial charge in [-0.2, -0.15) is 22.9 Å². The summed E-state index contributed by atoms with van der Waals surface area (Å²) in [5.74, 6) is -0.778. The zero-order valence-corrected chi connectivity index (χ0v) is 22.6. The number of hydrazone groups is 1. The molecular weight excluding hydrogens is 535 g/mol. The van der Waals surface area contributed by atoms with Crippen molar-refractivity contribution in [1.29, 1.82) is 5.41 Å². The van der Waals surface area contributed by atoms with Crippen molar-refractivity contribution in [3.05, 3.63) is 59.5 Å². The highest BCUT2D eigenvalue weighted by atomic mass is 32.2. The van der Waals surface area contributed by atoms with E-state index < -0.39 is 30.6 Å². The molecule has 2 N–H and O–H groups in total. The third-order valence-electron chi connectivity index (χ3n) is 7.42. The Labute approximate surface area is 220 Å². The van der Waals surface area contributed by atoms with E-state index in [0.29, 0.717) is 5.69 Å². The molecule has 2 fully saturated rings. The first-order valence-electron chi connectivity index (χ1n) is 11.8. The molecule has 3 atom stereocenters. The van der Waals surface area contributed by atoms with Gasteiger partial charge in [-0.25, -0.2) is 17.5 Å². The highest BCUT2D eigenvalue weighted by Gasteiger charge is 2.71. The largest absolute Gasteiger partial charge is 0.313 e. The fraction of sp³-hybridized carbons (Fsp3) is 0.375. The zero-order valence-electron chi connectivity index (χ0n) is 20.9. The van der Waals surface area contributed by atoms with Crippen LogP contribution in [0.5, 0.6) is 0 Å². The summed E-state index contributed by atoms with van der Waals surface area (Å²) in [6, 6.07) is 9.87. The summed E-state index contributed by atoms with van der Waals surface area (Å²) in [4.78, 5) is 0. The lowest BCUT2D eigenvalue weighted by Crippen LogP contribution is -2.39. The third kappa shape index (κ3) is 4.40. The van der Waals surface area contributed by atoms with Gasteiger partial charge in [0.1, 0.15) is 5.82 Å².